The first kappa shape index (κ1) is 17.6. The maximum atomic E-state index is 12.0. The van der Waals surface area contributed by atoms with Crippen LogP contribution in [0, 0.1) is 0 Å². The van der Waals surface area contributed by atoms with E-state index in [9.17, 15) is 19.5 Å². The van der Waals surface area contributed by atoms with Crippen LogP contribution in [0.5, 0.6) is 0 Å². The molecular weight excluding hydrogens is 312 g/mol. The van der Waals surface area contributed by atoms with Gasteiger partial charge in [0.25, 0.3) is 0 Å². The molecule has 2 heterocycles. The number of ether oxygens (including phenoxy) is 4. The van der Waals surface area contributed by atoms with Gasteiger partial charge in [0.05, 0.1) is 25.0 Å². The summed E-state index contributed by atoms with van der Waals surface area (Å²) in [7, 11) is 0. The molecular formula is C14H20O9. The molecule has 0 saturated carbocycles. The number of rotatable bonds is 9. The lowest BCUT2D eigenvalue weighted by atomic mass is 9.95. The van der Waals surface area contributed by atoms with Gasteiger partial charge in [-0.2, -0.15) is 0 Å². The summed E-state index contributed by atoms with van der Waals surface area (Å²) in [5.41, 5.74) is -2.48. The van der Waals surface area contributed by atoms with Crippen molar-refractivity contribution >= 4 is 17.9 Å². The van der Waals surface area contributed by atoms with Gasteiger partial charge in [-0.1, -0.05) is 0 Å². The van der Waals surface area contributed by atoms with Crippen LogP contribution in [0.3, 0.4) is 0 Å². The van der Waals surface area contributed by atoms with Crippen LogP contribution in [-0.4, -0.2) is 71.4 Å². The highest BCUT2D eigenvalue weighted by molar-refractivity contribution is 5.89. The summed E-state index contributed by atoms with van der Waals surface area (Å²) in [6, 6.07) is 0. The highest BCUT2D eigenvalue weighted by atomic mass is 16.6. The highest BCUT2D eigenvalue weighted by Gasteiger charge is 2.45. The van der Waals surface area contributed by atoms with Gasteiger partial charge in [0, 0.05) is 0 Å². The van der Waals surface area contributed by atoms with Gasteiger partial charge in [0.2, 0.25) is 0 Å². The standard InChI is InChI=1S/C14H20O9/c1-7-9(22-7)5-20-12(17)4-14(19,3-11(15)16)13(18)21-6-10-8(2)23-10/h7-10,19H,3-6H2,1-2H3,(H,15,16). The van der Waals surface area contributed by atoms with Crippen molar-refractivity contribution in [2.24, 2.45) is 0 Å². The van der Waals surface area contributed by atoms with E-state index >= 15 is 0 Å². The average Bonchev–Trinajstić information content (AvgIpc) is 3.32. The Bertz CT molecular complexity index is 491. The molecule has 2 rings (SSSR count). The van der Waals surface area contributed by atoms with Crippen molar-refractivity contribution in [3.05, 3.63) is 0 Å². The molecule has 2 fully saturated rings. The Labute approximate surface area is 132 Å². The second-order valence-electron chi connectivity index (χ2n) is 5.82. The third-order valence-corrected chi connectivity index (χ3v) is 3.72. The van der Waals surface area contributed by atoms with Crippen LogP contribution in [0.2, 0.25) is 0 Å². The Kier molecular flexibility index (Phi) is 5.23. The highest BCUT2D eigenvalue weighted by Crippen LogP contribution is 2.25. The summed E-state index contributed by atoms with van der Waals surface area (Å²) in [4.78, 5) is 34.5. The van der Waals surface area contributed by atoms with E-state index < -0.39 is 36.4 Å². The molecule has 0 aromatic rings. The number of hydrogen-bond acceptors (Lipinski definition) is 8. The maximum Gasteiger partial charge on any atom is 0.339 e. The lowest BCUT2D eigenvalue weighted by Gasteiger charge is -2.23. The predicted octanol–water partition coefficient (Wildman–Crippen LogP) is -0.757. The Morgan fingerprint density at radius 3 is 1.91 bits per heavy atom. The van der Waals surface area contributed by atoms with E-state index in [0.29, 0.717) is 0 Å². The Morgan fingerprint density at radius 1 is 1.00 bits per heavy atom. The molecule has 5 unspecified atom stereocenters. The molecule has 0 aliphatic carbocycles. The maximum absolute atomic E-state index is 12.0. The topological polar surface area (TPSA) is 135 Å². The van der Waals surface area contributed by atoms with Gasteiger partial charge in [0.1, 0.15) is 25.4 Å². The molecule has 9 nitrogen and oxygen atoms in total. The molecule has 2 saturated heterocycles. The number of carbonyl (C=O) groups excluding carboxylic acids is 2. The number of aliphatic carboxylic acids is 1. The minimum Gasteiger partial charge on any atom is -0.481 e. The van der Waals surface area contributed by atoms with E-state index in [1.807, 2.05) is 0 Å². The van der Waals surface area contributed by atoms with E-state index in [4.69, 9.17) is 24.1 Å². The van der Waals surface area contributed by atoms with Crippen LogP contribution in [0.1, 0.15) is 26.7 Å². The van der Waals surface area contributed by atoms with Crippen molar-refractivity contribution in [2.45, 2.75) is 56.7 Å². The Morgan fingerprint density at radius 2 is 1.48 bits per heavy atom. The number of carbonyl (C=O) groups is 3. The molecule has 2 aliphatic heterocycles. The Balaban J connectivity index is 1.85. The van der Waals surface area contributed by atoms with Crippen LogP contribution >= 0.6 is 0 Å². The first-order valence-corrected chi connectivity index (χ1v) is 7.29. The van der Waals surface area contributed by atoms with Gasteiger partial charge < -0.3 is 29.2 Å². The molecule has 0 radical (unpaired) electrons. The molecule has 23 heavy (non-hydrogen) atoms. The number of carboxylic acid groups (broad SMARTS) is 1. The van der Waals surface area contributed by atoms with Gasteiger partial charge in [-0.15, -0.1) is 0 Å². The number of aliphatic hydroxyl groups is 1. The van der Waals surface area contributed by atoms with Crippen molar-refractivity contribution in [1.82, 2.24) is 0 Å². The fourth-order valence-electron chi connectivity index (χ4n) is 2.02. The number of epoxide rings is 2. The number of carboxylic acids is 1. The van der Waals surface area contributed by atoms with Crippen LogP contribution in [-0.2, 0) is 33.3 Å². The first-order valence-electron chi connectivity index (χ1n) is 7.29. The van der Waals surface area contributed by atoms with Gasteiger partial charge in [-0.25, -0.2) is 4.79 Å². The van der Waals surface area contributed by atoms with E-state index in [0.717, 1.165) is 0 Å². The minimum atomic E-state index is -2.48. The van der Waals surface area contributed by atoms with Crippen molar-refractivity contribution in [3.63, 3.8) is 0 Å². The van der Waals surface area contributed by atoms with Crippen molar-refractivity contribution in [2.75, 3.05) is 13.2 Å². The fraction of sp³-hybridized carbons (Fsp3) is 0.786. The van der Waals surface area contributed by atoms with Gasteiger partial charge in [0.15, 0.2) is 5.60 Å². The monoisotopic (exact) mass is 332 g/mol. The third-order valence-electron chi connectivity index (χ3n) is 3.72. The smallest absolute Gasteiger partial charge is 0.339 e. The van der Waals surface area contributed by atoms with Gasteiger partial charge in [-0.05, 0) is 13.8 Å². The summed E-state index contributed by atoms with van der Waals surface area (Å²) in [6.07, 6.45) is -2.30. The van der Waals surface area contributed by atoms with E-state index in [2.05, 4.69) is 0 Å². The lowest BCUT2D eigenvalue weighted by Crippen LogP contribution is -2.45. The zero-order valence-corrected chi connectivity index (χ0v) is 12.9. The fourth-order valence-corrected chi connectivity index (χ4v) is 2.02. The first-order chi connectivity index (χ1) is 10.7. The van der Waals surface area contributed by atoms with Gasteiger partial charge >= 0.3 is 17.9 Å². The van der Waals surface area contributed by atoms with Crippen LogP contribution < -0.4 is 0 Å². The summed E-state index contributed by atoms with van der Waals surface area (Å²) in [5.74, 6) is -3.52. The number of esters is 2. The Hall–Kier alpha value is -1.71. The van der Waals surface area contributed by atoms with Gasteiger partial charge in [-0.3, -0.25) is 9.59 Å². The zero-order valence-electron chi connectivity index (χ0n) is 12.9. The molecule has 130 valence electrons. The zero-order chi connectivity index (χ0) is 17.2. The normalized spacial score (nSPS) is 30.9. The second-order valence-corrected chi connectivity index (χ2v) is 5.82. The van der Waals surface area contributed by atoms with E-state index in [1.54, 1.807) is 13.8 Å². The molecule has 0 spiro atoms. The third kappa shape index (κ3) is 5.15. The summed E-state index contributed by atoms with van der Waals surface area (Å²) in [6.45, 7) is 3.47. The van der Waals surface area contributed by atoms with Crippen LogP contribution in [0.4, 0.5) is 0 Å². The van der Waals surface area contributed by atoms with E-state index in [-0.39, 0.29) is 37.6 Å². The summed E-state index contributed by atoms with van der Waals surface area (Å²) >= 11 is 0. The van der Waals surface area contributed by atoms with Crippen LogP contribution in [0.15, 0.2) is 0 Å². The minimum absolute atomic E-state index is 0.00815. The van der Waals surface area contributed by atoms with E-state index in [1.165, 1.54) is 0 Å². The second kappa shape index (κ2) is 6.81. The summed E-state index contributed by atoms with van der Waals surface area (Å²) in [5, 5.41) is 19.1. The predicted molar refractivity (Wildman–Crippen MR) is 72.4 cm³/mol. The molecule has 9 heteroatoms. The SMILES string of the molecule is CC1OC1COC(=O)CC(O)(CC(=O)O)C(=O)OCC1OC1C. The molecule has 2 N–H and O–H groups in total. The molecule has 0 bridgehead atoms. The molecule has 2 aliphatic rings. The molecule has 5 atom stereocenters. The molecule has 0 amide bonds. The lowest BCUT2D eigenvalue weighted by molar-refractivity contribution is -0.177. The summed E-state index contributed by atoms with van der Waals surface area (Å²) < 4.78 is 19.8. The molecule has 0 aromatic heterocycles. The largest absolute Gasteiger partial charge is 0.481 e. The van der Waals surface area contributed by atoms with Crippen molar-refractivity contribution in [1.29, 1.82) is 0 Å². The van der Waals surface area contributed by atoms with Crippen molar-refractivity contribution in [3.8, 4) is 0 Å². The average molecular weight is 332 g/mol. The van der Waals surface area contributed by atoms with Crippen molar-refractivity contribution < 1.29 is 43.5 Å². The van der Waals surface area contributed by atoms with Crippen LogP contribution in [0.25, 0.3) is 0 Å². The molecule has 0 aromatic carbocycles. The number of hydrogen-bond donors (Lipinski definition) is 2. The quantitative estimate of drug-likeness (QED) is 0.412.